The largest absolute Gasteiger partial charge is 0.477 e. The summed E-state index contributed by atoms with van der Waals surface area (Å²) in [6, 6.07) is 15.1. The smallest absolute Gasteiger partial charge is 0.280 e. The van der Waals surface area contributed by atoms with Gasteiger partial charge in [0.25, 0.3) is 6.43 Å². The zero-order valence-electron chi connectivity index (χ0n) is 20.5. The van der Waals surface area contributed by atoms with Crippen molar-refractivity contribution in [1.29, 1.82) is 0 Å². The molecule has 0 saturated heterocycles. The molecule has 0 bridgehead atoms. The fourth-order valence-corrected chi connectivity index (χ4v) is 4.37. The number of nitrogens with one attached hydrogen (secondary N) is 1. The fraction of sp³-hybridized carbons (Fsp3) is 0.192. The number of benzene rings is 2. The lowest BCUT2D eigenvalue weighted by Crippen LogP contribution is -2.10. The number of hydrogen-bond donors (Lipinski definition) is 2. The summed E-state index contributed by atoms with van der Waals surface area (Å²) < 4.78 is 71.9. The minimum Gasteiger partial charge on any atom is -0.477 e. The van der Waals surface area contributed by atoms with Crippen molar-refractivity contribution in [3.8, 4) is 28.3 Å². The fourth-order valence-electron chi connectivity index (χ4n) is 3.81. The van der Waals surface area contributed by atoms with Gasteiger partial charge in [-0.05, 0) is 66.6 Å². The second-order valence-electron chi connectivity index (χ2n) is 8.51. The molecule has 38 heavy (non-hydrogen) atoms. The molecule has 0 unspecified atom stereocenters. The van der Waals surface area contributed by atoms with Crippen LogP contribution < -0.4 is 15.2 Å². The molecule has 3 N–H and O–H groups in total. The van der Waals surface area contributed by atoms with Gasteiger partial charge in [-0.25, -0.2) is 26.6 Å². The minimum absolute atomic E-state index is 0.0676. The molecule has 12 heteroatoms. The first kappa shape index (κ1) is 26.9. The van der Waals surface area contributed by atoms with Crippen LogP contribution in [0.15, 0.2) is 60.7 Å². The van der Waals surface area contributed by atoms with Crippen molar-refractivity contribution in [2.45, 2.75) is 19.8 Å². The van der Waals surface area contributed by atoms with Crippen LogP contribution in [0.3, 0.4) is 0 Å². The van der Waals surface area contributed by atoms with Crippen molar-refractivity contribution < 1.29 is 26.3 Å². The number of sulfonamides is 1. The summed E-state index contributed by atoms with van der Waals surface area (Å²) in [6.45, 7) is 1.73. The molecule has 0 spiro atoms. The van der Waals surface area contributed by atoms with Crippen LogP contribution in [0.1, 0.15) is 23.4 Å². The van der Waals surface area contributed by atoms with Gasteiger partial charge >= 0.3 is 0 Å². The van der Waals surface area contributed by atoms with Crippen molar-refractivity contribution in [3.05, 3.63) is 83.4 Å². The molecule has 0 aliphatic carbocycles. The van der Waals surface area contributed by atoms with Crippen LogP contribution in [0.25, 0.3) is 22.4 Å². The standard InChI is InChI=1S/C26H24F3N5O3S/c1-15-13-18(14-21(31-15)24(28)29)22-23(17-5-7-19(27)8-6-17)32-26(30)33-25(22)37-12-11-16-3-9-20(10-4-16)34-38(2,35)36/h3-10,13-14,24,34H,11-12H2,1-2H3,(H2,30,32,33). The molecule has 0 saturated carbocycles. The highest BCUT2D eigenvalue weighted by atomic mass is 32.2. The number of hydrogen-bond acceptors (Lipinski definition) is 7. The second kappa shape index (κ2) is 11.1. The first-order chi connectivity index (χ1) is 18.0. The van der Waals surface area contributed by atoms with E-state index in [-0.39, 0.29) is 24.1 Å². The molecule has 4 aromatic rings. The molecule has 2 aromatic carbocycles. The predicted molar refractivity (Wildman–Crippen MR) is 139 cm³/mol. The van der Waals surface area contributed by atoms with Gasteiger partial charge in [0.1, 0.15) is 11.5 Å². The van der Waals surface area contributed by atoms with Gasteiger partial charge in [0.15, 0.2) is 0 Å². The summed E-state index contributed by atoms with van der Waals surface area (Å²) >= 11 is 0. The number of pyridine rings is 1. The number of aromatic nitrogens is 3. The molecular formula is C26H24F3N5O3S. The Morgan fingerprint density at radius 2 is 1.66 bits per heavy atom. The quantitative estimate of drug-likeness (QED) is 0.299. The highest BCUT2D eigenvalue weighted by molar-refractivity contribution is 7.92. The van der Waals surface area contributed by atoms with E-state index in [4.69, 9.17) is 10.5 Å². The summed E-state index contributed by atoms with van der Waals surface area (Å²) in [5, 5.41) is 0. The van der Waals surface area contributed by atoms with Gasteiger partial charge < -0.3 is 10.5 Å². The lowest BCUT2D eigenvalue weighted by atomic mass is 9.99. The molecule has 0 aliphatic rings. The molecule has 2 heterocycles. The van der Waals surface area contributed by atoms with E-state index in [1.54, 1.807) is 37.3 Å². The van der Waals surface area contributed by atoms with E-state index < -0.39 is 28.0 Å². The SMILES string of the molecule is Cc1cc(-c2c(OCCc3ccc(NS(C)(=O)=O)cc3)nc(N)nc2-c2ccc(F)cc2)cc(C(F)F)n1. The van der Waals surface area contributed by atoms with Gasteiger partial charge in [-0.1, -0.05) is 12.1 Å². The third kappa shape index (κ3) is 6.76. The lowest BCUT2D eigenvalue weighted by Gasteiger charge is -2.16. The van der Waals surface area contributed by atoms with E-state index in [0.29, 0.717) is 34.5 Å². The zero-order valence-corrected chi connectivity index (χ0v) is 21.3. The van der Waals surface area contributed by atoms with Crippen LogP contribution in [-0.4, -0.2) is 36.2 Å². The van der Waals surface area contributed by atoms with Crippen molar-refractivity contribution in [1.82, 2.24) is 15.0 Å². The third-order valence-corrected chi connectivity index (χ3v) is 5.99. The number of nitrogen functional groups attached to an aromatic ring is 1. The van der Waals surface area contributed by atoms with Gasteiger partial charge in [-0.15, -0.1) is 0 Å². The van der Waals surface area contributed by atoms with Crippen LogP contribution in [0.4, 0.5) is 24.8 Å². The average Bonchev–Trinajstić information content (AvgIpc) is 2.84. The normalized spacial score (nSPS) is 11.5. The van der Waals surface area contributed by atoms with E-state index in [0.717, 1.165) is 11.8 Å². The van der Waals surface area contributed by atoms with E-state index in [2.05, 4.69) is 19.7 Å². The molecular weight excluding hydrogens is 519 g/mol. The van der Waals surface area contributed by atoms with Gasteiger partial charge in [0, 0.05) is 23.4 Å². The maximum atomic E-state index is 13.6. The number of nitrogens with two attached hydrogens (primary N) is 1. The van der Waals surface area contributed by atoms with Crippen molar-refractivity contribution >= 4 is 21.7 Å². The van der Waals surface area contributed by atoms with Gasteiger partial charge in [-0.3, -0.25) is 9.71 Å². The van der Waals surface area contributed by atoms with E-state index in [9.17, 15) is 21.6 Å². The Labute approximate surface area is 217 Å². The zero-order chi connectivity index (χ0) is 27.4. The first-order valence-electron chi connectivity index (χ1n) is 11.4. The van der Waals surface area contributed by atoms with Crippen molar-refractivity contribution in [2.24, 2.45) is 0 Å². The molecule has 198 valence electrons. The topological polar surface area (TPSA) is 120 Å². The molecule has 0 aliphatic heterocycles. The Morgan fingerprint density at radius 1 is 0.974 bits per heavy atom. The van der Waals surface area contributed by atoms with Crippen LogP contribution in [0.2, 0.25) is 0 Å². The van der Waals surface area contributed by atoms with Gasteiger partial charge in [0.05, 0.1) is 24.1 Å². The maximum Gasteiger partial charge on any atom is 0.280 e. The molecule has 0 amide bonds. The number of alkyl halides is 2. The van der Waals surface area contributed by atoms with E-state index in [1.807, 2.05) is 0 Å². The molecule has 0 radical (unpaired) electrons. The van der Waals surface area contributed by atoms with E-state index in [1.165, 1.54) is 30.3 Å². The summed E-state index contributed by atoms with van der Waals surface area (Å²) in [6.07, 6.45) is -1.32. The van der Waals surface area contributed by atoms with Crippen molar-refractivity contribution in [3.63, 3.8) is 0 Å². The third-order valence-electron chi connectivity index (χ3n) is 5.38. The summed E-state index contributed by atoms with van der Waals surface area (Å²) in [7, 11) is -3.39. The molecule has 0 atom stereocenters. The van der Waals surface area contributed by atoms with Crippen LogP contribution in [0.5, 0.6) is 5.88 Å². The Morgan fingerprint density at radius 3 is 2.29 bits per heavy atom. The molecule has 2 aromatic heterocycles. The van der Waals surface area contributed by atoms with Gasteiger partial charge in [0.2, 0.25) is 21.9 Å². The predicted octanol–water partition coefficient (Wildman–Crippen LogP) is 5.17. The van der Waals surface area contributed by atoms with Crippen LogP contribution in [0, 0.1) is 12.7 Å². The highest BCUT2D eigenvalue weighted by Crippen LogP contribution is 2.39. The average molecular weight is 544 g/mol. The summed E-state index contributed by atoms with van der Waals surface area (Å²) in [5.41, 5.74) is 8.61. The number of halogens is 3. The first-order valence-corrected chi connectivity index (χ1v) is 13.3. The number of rotatable bonds is 9. The summed E-state index contributed by atoms with van der Waals surface area (Å²) in [5.74, 6) is -0.497. The second-order valence-corrected chi connectivity index (χ2v) is 10.3. The lowest BCUT2D eigenvalue weighted by molar-refractivity contribution is 0.146. The number of ether oxygens (including phenoxy) is 1. The molecule has 8 nitrogen and oxygen atoms in total. The van der Waals surface area contributed by atoms with Crippen LogP contribution >= 0.6 is 0 Å². The maximum absolute atomic E-state index is 13.6. The monoisotopic (exact) mass is 543 g/mol. The Hall–Kier alpha value is -4.19. The number of nitrogens with zero attached hydrogens (tertiary/aromatic N) is 3. The highest BCUT2D eigenvalue weighted by Gasteiger charge is 2.21. The number of anilines is 2. The Kier molecular flexibility index (Phi) is 7.81. The molecule has 4 rings (SSSR count). The van der Waals surface area contributed by atoms with E-state index >= 15 is 0 Å². The minimum atomic E-state index is -3.39. The van der Waals surface area contributed by atoms with Crippen LogP contribution in [-0.2, 0) is 16.4 Å². The summed E-state index contributed by atoms with van der Waals surface area (Å²) in [4.78, 5) is 12.5. The number of aryl methyl sites for hydroxylation is 1. The Balaban J connectivity index is 1.70. The molecule has 0 fully saturated rings. The Bertz CT molecular complexity index is 1550. The van der Waals surface area contributed by atoms with Crippen molar-refractivity contribution in [2.75, 3.05) is 23.3 Å². The van der Waals surface area contributed by atoms with Gasteiger partial charge in [-0.2, -0.15) is 4.98 Å².